The summed E-state index contributed by atoms with van der Waals surface area (Å²) < 4.78 is 107. The lowest BCUT2D eigenvalue weighted by Gasteiger charge is -2.28. The number of aromatic carboxylic acids is 1. The summed E-state index contributed by atoms with van der Waals surface area (Å²) in [5.41, 5.74) is -0.244. The van der Waals surface area contributed by atoms with Crippen LogP contribution < -0.4 is 16.0 Å². The molecule has 0 saturated heterocycles. The Morgan fingerprint density at radius 1 is 0.589 bits per heavy atom. The summed E-state index contributed by atoms with van der Waals surface area (Å²) in [4.78, 5) is 110. The minimum Gasteiger partial charge on any atom is -0.477 e. The van der Waals surface area contributed by atoms with Gasteiger partial charge in [0.25, 0.3) is 23.6 Å². The van der Waals surface area contributed by atoms with E-state index >= 15 is 0 Å². The number of likely N-dealkylation sites (N-methyl/N-ethyl adjacent to an activating group) is 2. The van der Waals surface area contributed by atoms with E-state index in [1.54, 1.807) is 54.6 Å². The van der Waals surface area contributed by atoms with Crippen LogP contribution in [0.2, 0.25) is 10.0 Å². The number of carbonyl (C=O) groups is 8. The second-order valence-corrected chi connectivity index (χ2v) is 20.0. The number of carboxylic acid groups (broad SMARTS) is 1. The maximum atomic E-state index is 13.8. The molecular formula is C58H57Cl2F8N9O11S2. The van der Waals surface area contributed by atoms with E-state index in [2.05, 4.69) is 25.9 Å². The van der Waals surface area contributed by atoms with E-state index in [1.807, 2.05) is 0 Å². The number of pyridine rings is 2. The van der Waals surface area contributed by atoms with Crippen LogP contribution >= 0.6 is 50.2 Å². The Bertz CT molecular complexity index is 3480. The average molecular weight is 1340 g/mol. The molecule has 0 unspecified atom stereocenters. The average Bonchev–Trinajstić information content (AvgIpc) is 1.91. The van der Waals surface area contributed by atoms with Gasteiger partial charge < -0.3 is 35.4 Å². The van der Waals surface area contributed by atoms with Gasteiger partial charge in [0.15, 0.2) is 0 Å². The Morgan fingerprint density at radius 3 is 1.36 bits per heavy atom. The number of benzene rings is 4. The zero-order chi connectivity index (χ0) is 64.6. The van der Waals surface area contributed by atoms with Crippen molar-refractivity contribution in [3.8, 4) is 0 Å². The lowest BCUT2D eigenvalue weighted by Crippen LogP contribution is -2.46. The highest BCUT2D eigenvalue weighted by atomic mass is 35.5. The van der Waals surface area contributed by atoms with E-state index in [-0.39, 0.29) is 107 Å². The SMILES string of the molecule is CN(C(=O)NCc1cccc(F)c1Cl)[C@@H](CCCN1C(=O)c2ccccc2C1=O)COC(=O)Nc1ccc(C(F)(F)F)cn1.CN(C(=O)NCc1cccc(F)c1Cl)[C@H](CO)CCCN1C(=O)c2ccccc2C1=O.O=C(O)c1ccc(C(F)(F)F)cn1.S.S. The number of aliphatic hydroxyl groups excluding tert-OH is 1. The van der Waals surface area contributed by atoms with E-state index < -0.39 is 88.8 Å². The summed E-state index contributed by atoms with van der Waals surface area (Å²) in [6, 6.07) is 22.4. The molecule has 5 N–H and O–H groups in total. The van der Waals surface area contributed by atoms with Crippen LogP contribution in [-0.4, -0.2) is 140 Å². The molecule has 2 aromatic heterocycles. The molecule has 0 aliphatic carbocycles. The topological polar surface area (TPSA) is 261 Å². The Morgan fingerprint density at radius 2 is 0.989 bits per heavy atom. The van der Waals surface area contributed by atoms with E-state index in [9.17, 15) is 78.6 Å². The number of aromatic nitrogens is 2. The number of ether oxygens (including phenoxy) is 1. The smallest absolute Gasteiger partial charge is 0.417 e. The first-order valence-corrected chi connectivity index (χ1v) is 27.0. The van der Waals surface area contributed by atoms with Crippen LogP contribution in [0.25, 0.3) is 0 Å². The number of amides is 9. The van der Waals surface area contributed by atoms with Crippen LogP contribution in [0.1, 0.15) is 99.9 Å². The Balaban J connectivity index is 0.000000325. The normalized spacial score (nSPS) is 12.9. The molecule has 6 aromatic rings. The van der Waals surface area contributed by atoms with Crippen molar-refractivity contribution in [3.63, 3.8) is 0 Å². The van der Waals surface area contributed by atoms with E-state index in [1.165, 1.54) is 59.1 Å². The summed E-state index contributed by atoms with van der Waals surface area (Å²) in [6.07, 6.45) is -7.87. The van der Waals surface area contributed by atoms with Gasteiger partial charge in [0, 0.05) is 52.7 Å². The molecule has 9 amide bonds. The summed E-state index contributed by atoms with van der Waals surface area (Å²) in [5.74, 6) is -4.32. The molecule has 4 heterocycles. The first-order chi connectivity index (χ1) is 41.6. The number of urea groups is 2. The predicted octanol–water partition coefficient (Wildman–Crippen LogP) is 10.8. The summed E-state index contributed by atoms with van der Waals surface area (Å²) in [5, 5.41) is 25.3. The van der Waals surface area contributed by atoms with Gasteiger partial charge in [-0.05, 0) is 97.5 Å². The highest BCUT2D eigenvalue weighted by Gasteiger charge is 2.37. The number of halogens is 10. The van der Waals surface area contributed by atoms with Crippen molar-refractivity contribution in [2.24, 2.45) is 0 Å². The van der Waals surface area contributed by atoms with Crippen LogP contribution in [0.4, 0.5) is 55.3 Å². The number of rotatable bonds is 19. The molecule has 482 valence electrons. The fraction of sp³-hybridized carbons (Fsp3) is 0.276. The number of nitrogens with one attached hydrogen (secondary N) is 3. The number of imide groups is 2. The van der Waals surface area contributed by atoms with E-state index in [0.29, 0.717) is 64.7 Å². The molecule has 4 aromatic carbocycles. The number of hydrogen-bond donors (Lipinski definition) is 5. The maximum Gasteiger partial charge on any atom is 0.417 e. The fourth-order valence-corrected chi connectivity index (χ4v) is 8.97. The monoisotopic (exact) mass is 1340 g/mol. The standard InChI is InChI=1S/C29H26ClF4N5O5.C22H23ClFN3O4.C7H4F3NO2.2H2S/c1-38(27(42)36-14-17-6-4-10-22(31)24(17)30)19(7-5-13-39-25(40)20-8-2-3-9-21(20)26(39)41)16-44-28(43)37-23-12-11-18(15-35-23)29(32,33)34;1-26(22(31)25-12-14-6-4-10-18(24)19(14)23)15(13-28)7-5-11-27-20(29)16-8-2-3-9-17(16)21(27)30;8-7(9,10)4-1-2-5(6(12)13)11-3-4;;/h2-4,6,8-12,15,19H,5,7,13-14,16H2,1H3,(H,36,42)(H,35,37,43);2-4,6,8-10,15,28H,5,7,11-13H2,1H3,(H,25,31);1-3H,(H,12,13);2*1H2/t19-;15-;;;/m00.../s1. The molecule has 90 heavy (non-hydrogen) atoms. The lowest BCUT2D eigenvalue weighted by molar-refractivity contribution is -0.138. The third-order valence-corrected chi connectivity index (χ3v) is 14.3. The molecule has 0 radical (unpaired) electrons. The first-order valence-electron chi connectivity index (χ1n) is 26.2. The molecule has 0 bridgehead atoms. The first kappa shape index (κ1) is 73.9. The van der Waals surface area contributed by atoms with Crippen LogP contribution in [0.15, 0.2) is 122 Å². The number of nitrogens with zero attached hydrogens (tertiary/aromatic N) is 6. The van der Waals surface area contributed by atoms with Gasteiger partial charge in [-0.2, -0.15) is 53.3 Å². The molecule has 20 nitrogen and oxygen atoms in total. The van der Waals surface area contributed by atoms with Crippen molar-refractivity contribution >= 4 is 104 Å². The zero-order valence-corrected chi connectivity index (χ0v) is 50.8. The summed E-state index contributed by atoms with van der Waals surface area (Å²) >= 11 is 11.9. The van der Waals surface area contributed by atoms with Crippen LogP contribution in [0.5, 0.6) is 0 Å². The number of fused-ring (bicyclic) bond motifs is 2. The second kappa shape index (κ2) is 33.3. The molecule has 2 atom stereocenters. The van der Waals surface area contributed by atoms with Gasteiger partial charge in [-0.3, -0.25) is 34.3 Å². The number of alkyl halides is 6. The number of carboxylic acids is 1. The zero-order valence-electron chi connectivity index (χ0n) is 47.3. The largest absolute Gasteiger partial charge is 0.477 e. The number of anilines is 1. The maximum absolute atomic E-state index is 13.8. The fourth-order valence-electron chi connectivity index (χ4n) is 8.58. The molecule has 2 aliphatic rings. The van der Waals surface area contributed by atoms with Gasteiger partial charge in [-0.1, -0.05) is 71.7 Å². The second-order valence-electron chi connectivity index (χ2n) is 19.2. The minimum absolute atomic E-state index is 0. The van der Waals surface area contributed by atoms with Crippen molar-refractivity contribution in [3.05, 3.63) is 193 Å². The molecule has 0 fully saturated rings. The van der Waals surface area contributed by atoms with Gasteiger partial charge in [0.05, 0.1) is 62.1 Å². The van der Waals surface area contributed by atoms with Crippen molar-refractivity contribution in [2.45, 2.75) is 63.2 Å². The molecule has 32 heteroatoms. The van der Waals surface area contributed by atoms with Crippen molar-refractivity contribution in [1.82, 2.24) is 40.2 Å². The van der Waals surface area contributed by atoms with E-state index in [4.69, 9.17) is 33.0 Å². The van der Waals surface area contributed by atoms with Gasteiger partial charge in [0.1, 0.15) is 29.8 Å². The predicted molar refractivity (Wildman–Crippen MR) is 321 cm³/mol. The van der Waals surface area contributed by atoms with Crippen molar-refractivity contribution in [1.29, 1.82) is 0 Å². The highest BCUT2D eigenvalue weighted by molar-refractivity contribution is 7.59. The lowest BCUT2D eigenvalue weighted by atomic mass is 10.1. The molecule has 2 aliphatic heterocycles. The van der Waals surface area contributed by atoms with Gasteiger partial charge in [-0.15, -0.1) is 0 Å². The Labute approximate surface area is 532 Å². The Hall–Kier alpha value is -8.58. The van der Waals surface area contributed by atoms with Gasteiger partial charge in [-0.25, -0.2) is 37.9 Å². The molecule has 0 saturated carbocycles. The minimum atomic E-state index is -4.60. The van der Waals surface area contributed by atoms with Crippen molar-refractivity contribution < 1.29 is 88.4 Å². The molecule has 8 rings (SSSR count). The van der Waals surface area contributed by atoms with Gasteiger partial charge in [0.2, 0.25) is 0 Å². The molecule has 0 spiro atoms. The van der Waals surface area contributed by atoms with Crippen LogP contribution in [-0.2, 0) is 30.2 Å². The van der Waals surface area contributed by atoms with Crippen LogP contribution in [0.3, 0.4) is 0 Å². The highest BCUT2D eigenvalue weighted by Crippen LogP contribution is 2.31. The quantitative estimate of drug-likeness (QED) is 0.0374. The van der Waals surface area contributed by atoms with Gasteiger partial charge >= 0.3 is 36.5 Å². The third kappa shape index (κ3) is 19.5. The summed E-state index contributed by atoms with van der Waals surface area (Å²) in [7, 11) is 2.96. The molecular weight excluding hydrogens is 1290 g/mol. The number of carbonyl (C=O) groups excluding carboxylic acids is 7. The van der Waals surface area contributed by atoms with Crippen LogP contribution in [0, 0.1) is 11.6 Å². The Kier molecular flexibility index (Phi) is 27.3. The third-order valence-electron chi connectivity index (χ3n) is 13.5. The number of hydrogen-bond acceptors (Lipinski definition) is 12. The van der Waals surface area contributed by atoms with E-state index in [0.717, 1.165) is 23.1 Å². The number of aliphatic hydroxyl groups is 1. The summed E-state index contributed by atoms with van der Waals surface area (Å²) in [6.45, 7) is -0.502. The van der Waals surface area contributed by atoms with Crippen molar-refractivity contribution in [2.75, 3.05) is 45.7 Å².